The first-order valence-electron chi connectivity index (χ1n) is 2.81. The summed E-state index contributed by atoms with van der Waals surface area (Å²) in [5.41, 5.74) is 0. The van der Waals surface area contributed by atoms with Gasteiger partial charge in [-0.3, -0.25) is 0 Å². The molecule has 0 radical (unpaired) electrons. The van der Waals surface area contributed by atoms with Crippen LogP contribution in [0.3, 0.4) is 0 Å². The molecule has 0 aliphatic rings. The summed E-state index contributed by atoms with van der Waals surface area (Å²) >= 11 is 0. The van der Waals surface area contributed by atoms with E-state index in [9.17, 15) is 0 Å². The smallest absolute Gasteiger partial charge is 0.138 e. The maximum Gasteiger partial charge on any atom is 0.138 e. The van der Waals surface area contributed by atoms with Crippen molar-refractivity contribution in [1.82, 2.24) is 14.2 Å². The third-order valence-electron chi connectivity index (χ3n) is 1.26. The zero-order valence-electron chi connectivity index (χ0n) is 6.31. The second-order valence-electron chi connectivity index (χ2n) is 2.15. The number of hydrogen-bond donors (Lipinski definition) is 0. The van der Waals surface area contributed by atoms with Crippen LogP contribution in [-0.4, -0.2) is 32.9 Å². The van der Waals surface area contributed by atoms with Gasteiger partial charge in [-0.05, 0) is 18.8 Å². The number of hydrogen-bond acceptors (Lipinski definition) is 3. The Kier molecular flexibility index (Phi) is 2.25. The third-order valence-corrected chi connectivity index (χ3v) is 6.07. The fourth-order valence-electron chi connectivity index (χ4n) is 0.501. The molecule has 0 aliphatic carbocycles. The van der Waals surface area contributed by atoms with Gasteiger partial charge in [0.15, 0.2) is 0 Å². The zero-order chi connectivity index (χ0) is 7.61. The SMILES string of the molecule is CSS(C)(C)n1cncn1. The van der Waals surface area contributed by atoms with Crippen molar-refractivity contribution in [2.75, 3.05) is 18.8 Å². The van der Waals surface area contributed by atoms with Crippen LogP contribution in [-0.2, 0) is 0 Å². The van der Waals surface area contributed by atoms with Gasteiger partial charge in [0.05, 0.1) is 0 Å². The topological polar surface area (TPSA) is 30.7 Å². The molecule has 0 amide bonds. The van der Waals surface area contributed by atoms with Gasteiger partial charge in [-0.15, -0.1) is 5.10 Å². The molecular weight excluding hydrogens is 166 g/mol. The highest BCUT2D eigenvalue weighted by atomic mass is 33.2. The van der Waals surface area contributed by atoms with Crippen LogP contribution >= 0.6 is 20.0 Å². The second kappa shape index (κ2) is 2.84. The summed E-state index contributed by atoms with van der Waals surface area (Å²) in [5, 5.41) is 4.08. The molecule has 1 heterocycles. The minimum atomic E-state index is -0.795. The second-order valence-corrected chi connectivity index (χ2v) is 8.66. The van der Waals surface area contributed by atoms with E-state index in [2.05, 4.69) is 28.8 Å². The molecule has 0 bridgehead atoms. The average molecular weight is 177 g/mol. The maximum atomic E-state index is 4.08. The van der Waals surface area contributed by atoms with Gasteiger partial charge in [-0.2, -0.15) is 0 Å². The molecule has 1 aromatic rings. The van der Waals surface area contributed by atoms with E-state index in [0.29, 0.717) is 0 Å². The highest BCUT2D eigenvalue weighted by molar-refractivity contribution is 8.92. The van der Waals surface area contributed by atoms with Crippen molar-refractivity contribution < 1.29 is 0 Å². The van der Waals surface area contributed by atoms with Gasteiger partial charge in [0.2, 0.25) is 0 Å². The van der Waals surface area contributed by atoms with Crippen molar-refractivity contribution in [2.24, 2.45) is 0 Å². The highest BCUT2D eigenvalue weighted by Gasteiger charge is 2.11. The molecule has 0 N–H and O–H groups in total. The highest BCUT2D eigenvalue weighted by Crippen LogP contribution is 2.51. The lowest BCUT2D eigenvalue weighted by Gasteiger charge is -2.27. The Morgan fingerprint density at radius 3 is 2.60 bits per heavy atom. The molecule has 0 saturated heterocycles. The summed E-state index contributed by atoms with van der Waals surface area (Å²) in [6.45, 7) is 0. The average Bonchev–Trinajstić information content (AvgIpc) is 2.38. The van der Waals surface area contributed by atoms with Gasteiger partial charge in [-0.1, -0.05) is 20.0 Å². The van der Waals surface area contributed by atoms with E-state index in [-0.39, 0.29) is 0 Å². The molecule has 0 aromatic carbocycles. The molecular formula is C5H11N3S2. The van der Waals surface area contributed by atoms with Crippen LogP contribution in [0.1, 0.15) is 0 Å². The fourth-order valence-corrected chi connectivity index (χ4v) is 1.89. The van der Waals surface area contributed by atoms with Crippen LogP contribution in [0.15, 0.2) is 12.7 Å². The molecule has 3 nitrogen and oxygen atoms in total. The Morgan fingerprint density at radius 1 is 1.50 bits per heavy atom. The van der Waals surface area contributed by atoms with Crippen LogP contribution < -0.4 is 0 Å². The Hall–Kier alpha value is -0.160. The molecule has 0 fully saturated rings. The summed E-state index contributed by atoms with van der Waals surface area (Å²) in [6, 6.07) is 0. The van der Waals surface area contributed by atoms with Crippen LogP contribution in [0.2, 0.25) is 0 Å². The molecule has 0 saturated carbocycles. The number of rotatable bonds is 2. The third kappa shape index (κ3) is 1.46. The predicted molar refractivity (Wildman–Crippen MR) is 48.4 cm³/mol. The predicted octanol–water partition coefficient (Wildman–Crippen LogP) is 1.38. The lowest BCUT2D eigenvalue weighted by Crippen LogP contribution is -2.02. The summed E-state index contributed by atoms with van der Waals surface area (Å²) in [4.78, 5) is 3.90. The van der Waals surface area contributed by atoms with Gasteiger partial charge in [0.25, 0.3) is 0 Å². The van der Waals surface area contributed by atoms with E-state index in [4.69, 9.17) is 0 Å². The first-order chi connectivity index (χ1) is 4.67. The zero-order valence-corrected chi connectivity index (χ0v) is 7.95. The van der Waals surface area contributed by atoms with E-state index in [0.717, 1.165) is 0 Å². The fraction of sp³-hybridized carbons (Fsp3) is 0.600. The van der Waals surface area contributed by atoms with Gasteiger partial charge in [0.1, 0.15) is 12.7 Å². The van der Waals surface area contributed by atoms with Gasteiger partial charge >= 0.3 is 0 Å². The van der Waals surface area contributed by atoms with Crippen molar-refractivity contribution >= 4 is 20.0 Å². The van der Waals surface area contributed by atoms with Crippen LogP contribution in [0.4, 0.5) is 0 Å². The van der Waals surface area contributed by atoms with Crippen molar-refractivity contribution in [3.05, 3.63) is 12.7 Å². The van der Waals surface area contributed by atoms with Gasteiger partial charge in [-0.25, -0.2) is 9.07 Å². The standard InChI is InChI=1S/C5H11N3S2/c1-9-10(2,3)8-5-6-4-7-8/h4-5H,1-3H3. The van der Waals surface area contributed by atoms with E-state index >= 15 is 0 Å². The molecule has 0 spiro atoms. The number of aromatic nitrogens is 3. The van der Waals surface area contributed by atoms with E-state index in [1.54, 1.807) is 12.7 Å². The number of nitrogens with zero attached hydrogens (tertiary/aromatic N) is 3. The Morgan fingerprint density at radius 2 is 2.20 bits per heavy atom. The van der Waals surface area contributed by atoms with Crippen LogP contribution in [0.5, 0.6) is 0 Å². The van der Waals surface area contributed by atoms with Gasteiger partial charge < -0.3 is 0 Å². The molecule has 0 aliphatic heterocycles. The molecule has 1 aromatic heterocycles. The lowest BCUT2D eigenvalue weighted by atomic mass is 11.3. The Bertz CT molecular complexity index is 195. The summed E-state index contributed by atoms with van der Waals surface area (Å²) in [7, 11) is 1.03. The normalized spacial score (nSPS) is 13.5. The molecule has 0 atom stereocenters. The van der Waals surface area contributed by atoms with Crippen LogP contribution in [0.25, 0.3) is 0 Å². The molecule has 0 unspecified atom stereocenters. The molecule has 10 heavy (non-hydrogen) atoms. The lowest BCUT2D eigenvalue weighted by molar-refractivity contribution is 1.00. The largest absolute Gasteiger partial charge is 0.222 e. The van der Waals surface area contributed by atoms with Crippen molar-refractivity contribution in [3.8, 4) is 0 Å². The maximum absolute atomic E-state index is 4.08. The monoisotopic (exact) mass is 177 g/mol. The molecule has 58 valence electrons. The first kappa shape index (κ1) is 7.94. The van der Waals surface area contributed by atoms with E-state index in [1.807, 2.05) is 14.9 Å². The molecule has 5 heteroatoms. The quantitative estimate of drug-likeness (QED) is 0.639. The molecule has 1 rings (SSSR count). The van der Waals surface area contributed by atoms with Gasteiger partial charge in [0, 0.05) is 0 Å². The summed E-state index contributed by atoms with van der Waals surface area (Å²) < 4.78 is 1.93. The van der Waals surface area contributed by atoms with E-state index < -0.39 is 9.25 Å². The Labute approximate surface area is 66.1 Å². The van der Waals surface area contributed by atoms with Crippen molar-refractivity contribution in [1.29, 1.82) is 0 Å². The summed E-state index contributed by atoms with van der Waals surface area (Å²) in [5.74, 6) is 0. The minimum absolute atomic E-state index is 0.795. The van der Waals surface area contributed by atoms with Crippen molar-refractivity contribution in [3.63, 3.8) is 0 Å². The first-order valence-corrected chi connectivity index (χ1v) is 6.95. The van der Waals surface area contributed by atoms with E-state index in [1.165, 1.54) is 0 Å². The van der Waals surface area contributed by atoms with Crippen LogP contribution in [0, 0.1) is 0 Å². The Balaban J connectivity index is 2.85. The van der Waals surface area contributed by atoms with Crippen molar-refractivity contribution in [2.45, 2.75) is 0 Å². The summed E-state index contributed by atoms with van der Waals surface area (Å²) in [6.07, 6.45) is 9.81. The minimum Gasteiger partial charge on any atom is -0.222 e.